The van der Waals surface area contributed by atoms with Crippen LogP contribution in [-0.4, -0.2) is 5.97 Å². The maximum Gasteiger partial charge on any atom is 0.416 e. The van der Waals surface area contributed by atoms with Crippen LogP contribution in [0.4, 0.5) is 26.3 Å². The predicted octanol–water partition coefficient (Wildman–Crippen LogP) is 6.34. The molecule has 0 saturated carbocycles. The van der Waals surface area contributed by atoms with Gasteiger partial charge in [0.25, 0.3) is 0 Å². The summed E-state index contributed by atoms with van der Waals surface area (Å²) in [5.74, 6) is -1.68. The Kier molecular flexibility index (Phi) is 5.81. The summed E-state index contributed by atoms with van der Waals surface area (Å²) in [7, 11) is 0. The molecule has 0 aliphatic carbocycles. The molecule has 0 N–H and O–H groups in total. The smallest absolute Gasteiger partial charge is 0.416 e. The lowest BCUT2D eigenvalue weighted by atomic mass is 9.62. The minimum absolute atomic E-state index is 0.0114. The van der Waals surface area contributed by atoms with E-state index in [9.17, 15) is 31.1 Å². The topological polar surface area (TPSA) is 26.3 Å². The van der Waals surface area contributed by atoms with E-state index in [1.165, 1.54) is 0 Å². The van der Waals surface area contributed by atoms with E-state index in [2.05, 4.69) is 0 Å². The van der Waals surface area contributed by atoms with Crippen LogP contribution in [0.1, 0.15) is 52.7 Å². The highest BCUT2D eigenvalue weighted by atomic mass is 19.4. The summed E-state index contributed by atoms with van der Waals surface area (Å²) in [6.45, 7) is 10.4. The van der Waals surface area contributed by atoms with Crippen molar-refractivity contribution in [1.29, 1.82) is 0 Å². The largest absolute Gasteiger partial charge is 0.426 e. The quantitative estimate of drug-likeness (QED) is 0.344. The Bertz CT molecular complexity index is 637. The molecule has 0 fully saturated rings. The Morgan fingerprint density at radius 1 is 0.846 bits per heavy atom. The minimum atomic E-state index is -5.00. The molecule has 0 bridgehead atoms. The molecule has 26 heavy (non-hydrogen) atoms. The van der Waals surface area contributed by atoms with Gasteiger partial charge in [-0.3, -0.25) is 4.79 Å². The number of rotatable bonds is 4. The Balaban J connectivity index is 3.34. The zero-order valence-electron chi connectivity index (χ0n) is 15.4. The van der Waals surface area contributed by atoms with Gasteiger partial charge in [0.2, 0.25) is 0 Å². The van der Waals surface area contributed by atoms with Crippen molar-refractivity contribution in [2.75, 3.05) is 0 Å². The second-order valence-corrected chi connectivity index (χ2v) is 7.63. The van der Waals surface area contributed by atoms with Crippen molar-refractivity contribution in [3.63, 3.8) is 0 Å². The molecular formula is C18H22F6O2. The molecular weight excluding hydrogens is 362 g/mol. The lowest BCUT2D eigenvalue weighted by Gasteiger charge is -2.42. The maximum atomic E-state index is 12.9. The zero-order chi connectivity index (χ0) is 20.7. The third kappa shape index (κ3) is 4.51. The van der Waals surface area contributed by atoms with Gasteiger partial charge in [0, 0.05) is 0 Å². The van der Waals surface area contributed by atoms with Gasteiger partial charge >= 0.3 is 18.3 Å². The van der Waals surface area contributed by atoms with E-state index < -0.39 is 46.0 Å². The molecule has 0 heterocycles. The molecule has 1 rings (SSSR count). The molecule has 0 aromatic heterocycles. The lowest BCUT2D eigenvalue weighted by molar-refractivity contribution is -0.154. The van der Waals surface area contributed by atoms with E-state index in [0.29, 0.717) is 12.1 Å². The first-order chi connectivity index (χ1) is 11.4. The fourth-order valence-corrected chi connectivity index (χ4v) is 2.20. The average molecular weight is 384 g/mol. The molecule has 0 aliphatic heterocycles. The molecule has 1 aromatic carbocycles. The summed E-state index contributed by atoms with van der Waals surface area (Å²) >= 11 is 0. The van der Waals surface area contributed by atoms with Gasteiger partial charge < -0.3 is 4.74 Å². The fourth-order valence-electron chi connectivity index (χ4n) is 2.20. The van der Waals surface area contributed by atoms with Crippen LogP contribution >= 0.6 is 0 Å². The Hall–Kier alpha value is -1.73. The van der Waals surface area contributed by atoms with Gasteiger partial charge in [0.05, 0.1) is 16.5 Å². The van der Waals surface area contributed by atoms with Gasteiger partial charge in [-0.2, -0.15) is 26.3 Å². The number of benzene rings is 1. The van der Waals surface area contributed by atoms with Crippen LogP contribution in [0.15, 0.2) is 18.2 Å². The number of esters is 1. The number of halogens is 6. The summed E-state index contributed by atoms with van der Waals surface area (Å²) in [5, 5.41) is 0. The first kappa shape index (κ1) is 22.3. The van der Waals surface area contributed by atoms with Crippen LogP contribution in [0.3, 0.4) is 0 Å². The molecule has 148 valence electrons. The van der Waals surface area contributed by atoms with Crippen molar-refractivity contribution in [1.82, 2.24) is 0 Å². The monoisotopic (exact) mass is 384 g/mol. The number of hydrogen-bond donors (Lipinski definition) is 0. The summed E-state index contributed by atoms with van der Waals surface area (Å²) in [5.41, 5.74) is -4.82. The zero-order valence-corrected chi connectivity index (χ0v) is 15.4. The first-order valence-corrected chi connectivity index (χ1v) is 7.92. The molecule has 8 heteroatoms. The second kappa shape index (κ2) is 6.78. The molecule has 0 radical (unpaired) electrons. The molecule has 0 aliphatic rings. The van der Waals surface area contributed by atoms with Crippen LogP contribution in [0.25, 0.3) is 0 Å². The summed E-state index contributed by atoms with van der Waals surface area (Å²) in [6.07, 6.45) is -10.0. The van der Waals surface area contributed by atoms with E-state index in [-0.39, 0.29) is 12.0 Å². The van der Waals surface area contributed by atoms with Crippen LogP contribution in [0.5, 0.6) is 5.75 Å². The van der Waals surface area contributed by atoms with Crippen molar-refractivity contribution < 1.29 is 35.9 Å². The number of carbonyl (C=O) groups excluding carboxylic acids is 1. The van der Waals surface area contributed by atoms with Crippen molar-refractivity contribution in [2.24, 2.45) is 16.7 Å². The molecule has 1 aromatic rings. The van der Waals surface area contributed by atoms with Crippen molar-refractivity contribution in [3.8, 4) is 5.75 Å². The van der Waals surface area contributed by atoms with Gasteiger partial charge in [0.15, 0.2) is 0 Å². The number of carbonyl (C=O) groups is 1. The van der Waals surface area contributed by atoms with Gasteiger partial charge in [0.1, 0.15) is 5.75 Å². The highest BCUT2D eigenvalue weighted by Crippen LogP contribution is 2.46. The maximum absolute atomic E-state index is 12.9. The minimum Gasteiger partial charge on any atom is -0.426 e. The van der Waals surface area contributed by atoms with Crippen molar-refractivity contribution in [2.45, 2.75) is 53.9 Å². The standard InChI is InChI=1S/C18H22F6O2/c1-10(2)15(3,4)16(5,6)14(25)26-13-8-11(17(19,20)21)7-12(9-13)18(22,23)24/h7-10H,1-6H3. The number of ether oxygens (including phenoxy) is 1. The highest BCUT2D eigenvalue weighted by molar-refractivity contribution is 5.79. The van der Waals surface area contributed by atoms with Gasteiger partial charge in [-0.25, -0.2) is 0 Å². The third-order valence-electron chi connectivity index (χ3n) is 5.34. The fraction of sp³-hybridized carbons (Fsp3) is 0.611. The SMILES string of the molecule is CC(C)C(C)(C)C(C)(C)C(=O)Oc1cc(C(F)(F)F)cc(C(F)(F)F)c1. The Morgan fingerprint density at radius 3 is 1.54 bits per heavy atom. The summed E-state index contributed by atoms with van der Waals surface area (Å²) < 4.78 is 82.3. The third-order valence-corrected chi connectivity index (χ3v) is 5.34. The van der Waals surface area contributed by atoms with Crippen LogP contribution in [0, 0.1) is 16.7 Å². The highest BCUT2D eigenvalue weighted by Gasteiger charge is 2.47. The molecule has 0 amide bonds. The van der Waals surface area contributed by atoms with Gasteiger partial charge in [-0.05, 0) is 43.4 Å². The van der Waals surface area contributed by atoms with E-state index in [0.717, 1.165) is 0 Å². The van der Waals surface area contributed by atoms with Crippen LogP contribution in [-0.2, 0) is 17.1 Å². The molecule has 2 nitrogen and oxygen atoms in total. The Morgan fingerprint density at radius 2 is 1.23 bits per heavy atom. The summed E-state index contributed by atoms with van der Waals surface area (Å²) in [4.78, 5) is 12.5. The van der Waals surface area contributed by atoms with E-state index in [1.54, 1.807) is 27.7 Å². The van der Waals surface area contributed by atoms with E-state index >= 15 is 0 Å². The van der Waals surface area contributed by atoms with Crippen molar-refractivity contribution >= 4 is 5.97 Å². The van der Waals surface area contributed by atoms with Crippen LogP contribution < -0.4 is 4.74 Å². The molecule has 0 saturated heterocycles. The van der Waals surface area contributed by atoms with E-state index in [1.807, 2.05) is 13.8 Å². The first-order valence-electron chi connectivity index (χ1n) is 7.92. The molecule has 0 spiro atoms. The predicted molar refractivity (Wildman–Crippen MR) is 84.5 cm³/mol. The average Bonchev–Trinajstić information content (AvgIpc) is 2.44. The van der Waals surface area contributed by atoms with Crippen molar-refractivity contribution in [3.05, 3.63) is 29.3 Å². The van der Waals surface area contributed by atoms with Gasteiger partial charge in [-0.15, -0.1) is 0 Å². The number of alkyl halides is 6. The normalized spacial score (nSPS) is 13.9. The molecule has 0 unspecified atom stereocenters. The molecule has 0 atom stereocenters. The lowest BCUT2D eigenvalue weighted by Crippen LogP contribution is -2.45. The number of hydrogen-bond acceptors (Lipinski definition) is 2. The van der Waals surface area contributed by atoms with E-state index in [4.69, 9.17) is 4.74 Å². The second-order valence-electron chi connectivity index (χ2n) is 7.63. The van der Waals surface area contributed by atoms with Gasteiger partial charge in [-0.1, -0.05) is 27.7 Å². The summed E-state index contributed by atoms with van der Waals surface area (Å²) in [6, 6.07) is 0.776. The Labute approximate surface area is 148 Å². The van der Waals surface area contributed by atoms with Crippen LogP contribution in [0.2, 0.25) is 0 Å².